The monoisotopic (exact) mass is 840 g/mol. The van der Waals surface area contributed by atoms with Gasteiger partial charge in [0.05, 0.1) is 52.4 Å². The Morgan fingerprint density at radius 2 is 0.827 bits per heavy atom. The van der Waals surface area contributed by atoms with Crippen LogP contribution in [0.1, 0.15) is 92.8 Å². The maximum Gasteiger partial charge on any atom is 0.338 e. The molecule has 0 amide bonds. The van der Waals surface area contributed by atoms with E-state index in [2.05, 4.69) is 28.2 Å². The molecule has 10 heteroatoms. The second kappa shape index (κ2) is 19.8. The first-order valence-electron chi connectivity index (χ1n) is 18.2. The molecule has 0 bridgehead atoms. The van der Waals surface area contributed by atoms with E-state index in [-0.39, 0.29) is 81.5 Å². The molecule has 0 spiro atoms. The van der Waals surface area contributed by atoms with Gasteiger partial charge in [-0.25, -0.2) is 9.59 Å². The Bertz CT molecular complexity index is 1490. The third kappa shape index (κ3) is 12.5. The van der Waals surface area contributed by atoms with Crippen LogP contribution in [-0.2, 0) is 9.47 Å². The van der Waals surface area contributed by atoms with Crippen LogP contribution in [0.25, 0.3) is 0 Å². The van der Waals surface area contributed by atoms with Crippen molar-refractivity contribution in [1.29, 1.82) is 0 Å². The molecule has 0 radical (unpaired) electrons. The molecule has 4 atom stereocenters. The molecule has 4 unspecified atom stereocenters. The quantitative estimate of drug-likeness (QED) is 0.137. The highest BCUT2D eigenvalue weighted by atomic mass is 79.9. The topological polar surface area (TPSA) is 86.7 Å². The van der Waals surface area contributed by atoms with E-state index in [0.717, 1.165) is 64.5 Å². The summed E-state index contributed by atoms with van der Waals surface area (Å²) < 4.78 is 12.9. The molecular weight excluding hydrogens is 788 g/mol. The van der Waals surface area contributed by atoms with Crippen LogP contribution in [0.4, 0.5) is 0 Å². The molecule has 3 aromatic rings. The summed E-state index contributed by atoms with van der Waals surface area (Å²) in [4.78, 5) is 52.5. The molecule has 2 aliphatic rings. The Balaban J connectivity index is 0.00000364. The van der Waals surface area contributed by atoms with Crippen molar-refractivity contribution < 1.29 is 71.6 Å². The normalized spacial score (nSPS) is 20.4. The molecule has 5 rings (SSSR count). The number of Topliss-reactive ketones (excluding diaryl/α,β-unsaturated/α-hetero) is 2. The van der Waals surface area contributed by atoms with Crippen molar-refractivity contribution in [1.82, 2.24) is 0 Å². The number of hydrogen-bond donors (Lipinski definition) is 0. The molecule has 2 fully saturated rings. The van der Waals surface area contributed by atoms with E-state index in [1.807, 2.05) is 36.4 Å². The summed E-state index contributed by atoms with van der Waals surface area (Å²) in [6.07, 6.45) is 7.52. The van der Waals surface area contributed by atoms with Crippen LogP contribution >= 0.6 is 0 Å². The SMILES string of the molecule is C[N+](C)(CC(=O)c1ccc(C(=O)C[N+](C)(C)CC2CCCCC2OC(=O)c2ccccc2)cc1)CC1CCCCC1OC(=O)c1ccccc1.[Br-].[Br-]. The summed E-state index contributed by atoms with van der Waals surface area (Å²) in [5.74, 6) is -0.174. The largest absolute Gasteiger partial charge is 1.00 e. The zero-order valence-corrected chi connectivity index (χ0v) is 34.1. The van der Waals surface area contributed by atoms with Gasteiger partial charge in [-0.1, -0.05) is 73.5 Å². The molecule has 8 nitrogen and oxygen atoms in total. The molecule has 3 aromatic carbocycles. The van der Waals surface area contributed by atoms with E-state index in [9.17, 15) is 19.2 Å². The van der Waals surface area contributed by atoms with Gasteiger partial charge in [-0.05, 0) is 62.8 Å². The number of nitrogens with zero attached hydrogens (tertiary/aromatic N) is 2. The summed E-state index contributed by atoms with van der Waals surface area (Å²) in [5, 5.41) is 0. The Kier molecular flexibility index (Phi) is 16.4. The van der Waals surface area contributed by atoms with Crippen LogP contribution in [-0.4, -0.2) is 99.0 Å². The van der Waals surface area contributed by atoms with Gasteiger partial charge in [-0.2, -0.15) is 0 Å². The second-order valence-corrected chi connectivity index (χ2v) is 15.7. The number of ether oxygens (including phenoxy) is 2. The van der Waals surface area contributed by atoms with Gasteiger partial charge in [0.2, 0.25) is 11.6 Å². The Labute approximate surface area is 330 Å². The van der Waals surface area contributed by atoms with Gasteiger partial charge in [-0.15, -0.1) is 0 Å². The van der Waals surface area contributed by atoms with Crippen molar-refractivity contribution in [3.05, 3.63) is 107 Å². The minimum absolute atomic E-state index is 0. The van der Waals surface area contributed by atoms with Crippen LogP contribution in [0, 0.1) is 11.8 Å². The second-order valence-electron chi connectivity index (χ2n) is 15.7. The van der Waals surface area contributed by atoms with E-state index in [1.165, 1.54) is 0 Å². The molecular formula is C42H54Br2N2O6. The molecule has 282 valence electrons. The fourth-order valence-corrected chi connectivity index (χ4v) is 7.84. The van der Waals surface area contributed by atoms with Gasteiger partial charge in [-0.3, -0.25) is 9.59 Å². The van der Waals surface area contributed by atoms with Crippen molar-refractivity contribution in [3.63, 3.8) is 0 Å². The average molecular weight is 843 g/mol. The number of rotatable bonds is 14. The Morgan fingerprint density at radius 1 is 0.500 bits per heavy atom. The molecule has 0 N–H and O–H groups in total. The van der Waals surface area contributed by atoms with Crippen LogP contribution in [0.15, 0.2) is 84.9 Å². The zero-order valence-electron chi connectivity index (χ0n) is 31.0. The number of carbonyl (C=O) groups excluding carboxylic acids is 4. The fourth-order valence-electron chi connectivity index (χ4n) is 7.84. The standard InChI is InChI=1S/C42H54N2O6.2BrH/c1-43(2,27-35-19-11-13-21-39(35)49-41(47)33-15-7-5-8-16-33)29-37(45)31-23-25-32(26-24-31)38(46)30-44(3,4)28-36-20-12-14-22-40(36)50-42(48)34-17-9-6-10-18-34;;/h5-10,15-18,23-26,35-36,39-40H,11-14,19-22,27-30H2,1-4H3;2*1H/q+2;;/p-2. The lowest BCUT2D eigenvalue weighted by Gasteiger charge is -2.38. The van der Waals surface area contributed by atoms with Gasteiger partial charge in [0, 0.05) is 23.0 Å². The van der Waals surface area contributed by atoms with E-state index in [1.54, 1.807) is 48.5 Å². The third-order valence-electron chi connectivity index (χ3n) is 10.3. The molecule has 0 saturated heterocycles. The molecule has 0 aromatic heterocycles. The minimum atomic E-state index is -0.289. The van der Waals surface area contributed by atoms with Gasteiger partial charge in [0.25, 0.3) is 0 Å². The van der Waals surface area contributed by atoms with Crippen LogP contribution in [0.2, 0.25) is 0 Å². The summed E-state index contributed by atoms with van der Waals surface area (Å²) in [7, 11) is 8.22. The number of quaternary nitrogens is 2. The van der Waals surface area contributed by atoms with Gasteiger partial charge in [0.15, 0.2) is 0 Å². The summed E-state index contributed by atoms with van der Waals surface area (Å²) >= 11 is 0. The van der Waals surface area contributed by atoms with Crippen molar-refractivity contribution >= 4 is 23.5 Å². The summed E-state index contributed by atoms with van der Waals surface area (Å²) in [5.41, 5.74) is 2.29. The molecule has 52 heavy (non-hydrogen) atoms. The maximum atomic E-state index is 13.5. The van der Waals surface area contributed by atoms with Crippen molar-refractivity contribution in [2.24, 2.45) is 11.8 Å². The molecule has 2 saturated carbocycles. The average Bonchev–Trinajstić information content (AvgIpc) is 3.10. The molecule has 0 aliphatic heterocycles. The van der Waals surface area contributed by atoms with E-state index < -0.39 is 0 Å². The highest BCUT2D eigenvalue weighted by Crippen LogP contribution is 2.31. The first-order chi connectivity index (χ1) is 23.9. The maximum absolute atomic E-state index is 13.5. The number of esters is 2. The number of hydrogen-bond acceptors (Lipinski definition) is 6. The summed E-state index contributed by atoms with van der Waals surface area (Å²) in [6, 6.07) is 25.3. The van der Waals surface area contributed by atoms with Crippen molar-refractivity contribution in [2.75, 3.05) is 54.4 Å². The van der Waals surface area contributed by atoms with Gasteiger partial charge >= 0.3 is 11.9 Å². The van der Waals surface area contributed by atoms with Gasteiger partial charge in [0.1, 0.15) is 25.3 Å². The van der Waals surface area contributed by atoms with Gasteiger partial charge < -0.3 is 52.4 Å². The predicted octanol–water partition coefficient (Wildman–Crippen LogP) is 1.04. The van der Waals surface area contributed by atoms with E-state index in [0.29, 0.717) is 44.3 Å². The van der Waals surface area contributed by atoms with Crippen LogP contribution in [0.5, 0.6) is 0 Å². The zero-order chi connectivity index (χ0) is 35.7. The number of benzene rings is 3. The smallest absolute Gasteiger partial charge is 0.338 e. The molecule has 2 aliphatic carbocycles. The lowest BCUT2D eigenvalue weighted by Crippen LogP contribution is -3.00. The lowest BCUT2D eigenvalue weighted by atomic mass is 9.85. The van der Waals surface area contributed by atoms with Crippen LogP contribution in [0.3, 0.4) is 0 Å². The summed E-state index contributed by atoms with van der Waals surface area (Å²) in [6.45, 7) is 2.08. The fraction of sp³-hybridized carbons (Fsp3) is 0.476. The highest BCUT2D eigenvalue weighted by Gasteiger charge is 2.36. The number of carbonyl (C=O) groups is 4. The Morgan fingerprint density at radius 3 is 1.17 bits per heavy atom. The lowest BCUT2D eigenvalue weighted by molar-refractivity contribution is -0.885. The Hall–Kier alpha value is -3.18. The number of ketones is 2. The van der Waals surface area contributed by atoms with Crippen LogP contribution < -0.4 is 34.0 Å². The van der Waals surface area contributed by atoms with E-state index in [4.69, 9.17) is 9.47 Å². The van der Waals surface area contributed by atoms with E-state index >= 15 is 0 Å². The van der Waals surface area contributed by atoms with Crippen molar-refractivity contribution in [3.8, 4) is 0 Å². The predicted molar refractivity (Wildman–Crippen MR) is 194 cm³/mol. The first-order valence-corrected chi connectivity index (χ1v) is 18.2. The van der Waals surface area contributed by atoms with Crippen molar-refractivity contribution in [2.45, 2.75) is 63.6 Å². The third-order valence-corrected chi connectivity index (χ3v) is 10.3. The highest BCUT2D eigenvalue weighted by molar-refractivity contribution is 6.00. The molecule has 0 heterocycles. The minimum Gasteiger partial charge on any atom is -1.00 e. The first kappa shape index (κ1) is 43.2. The number of likely N-dealkylation sites (N-methyl/N-ethyl adjacent to an activating group) is 2. The number of halogens is 2.